The van der Waals surface area contributed by atoms with Gasteiger partial charge in [0.25, 0.3) is 0 Å². The first-order valence-electron chi connectivity index (χ1n) is 5.67. The van der Waals surface area contributed by atoms with Crippen molar-refractivity contribution in [2.45, 2.75) is 6.42 Å². The molecule has 4 nitrogen and oxygen atoms in total. The van der Waals surface area contributed by atoms with E-state index in [1.165, 1.54) is 25.4 Å². The molecule has 1 heterocycles. The molecule has 0 saturated heterocycles. The second kappa shape index (κ2) is 5.48. The molecular formula is C14H13FN2O2. The number of ketones is 1. The van der Waals surface area contributed by atoms with Gasteiger partial charge in [0.1, 0.15) is 5.69 Å². The van der Waals surface area contributed by atoms with Crippen LogP contribution in [0.1, 0.15) is 16.1 Å². The third kappa shape index (κ3) is 3.07. The summed E-state index contributed by atoms with van der Waals surface area (Å²) in [5.41, 5.74) is 6.87. The van der Waals surface area contributed by atoms with E-state index >= 15 is 0 Å². The summed E-state index contributed by atoms with van der Waals surface area (Å²) >= 11 is 0. The number of nitrogens with two attached hydrogens (primary N) is 1. The molecule has 0 fully saturated rings. The molecular weight excluding hydrogens is 247 g/mol. The Hall–Kier alpha value is -2.43. The molecule has 2 N–H and O–H groups in total. The van der Waals surface area contributed by atoms with Gasteiger partial charge in [-0.2, -0.15) is 0 Å². The van der Waals surface area contributed by atoms with Crippen molar-refractivity contribution in [3.8, 4) is 5.75 Å². The predicted octanol–water partition coefficient (Wildman–Crippen LogP) is 2.24. The molecule has 0 saturated carbocycles. The van der Waals surface area contributed by atoms with Gasteiger partial charge in [-0.1, -0.05) is 6.07 Å². The number of nitrogens with zero attached hydrogens (tertiary/aromatic N) is 1. The molecule has 0 unspecified atom stereocenters. The van der Waals surface area contributed by atoms with E-state index in [2.05, 4.69) is 4.98 Å². The molecule has 0 amide bonds. The molecule has 0 aliphatic heterocycles. The summed E-state index contributed by atoms with van der Waals surface area (Å²) in [6.07, 6.45) is 1.50. The number of rotatable bonds is 4. The standard InChI is InChI=1S/C14H13FN2O2/c1-19-14-5-2-9(6-11(14)15)7-13(18)12-4-3-10(16)8-17-12/h2-6,8H,7,16H2,1H3. The highest BCUT2D eigenvalue weighted by Crippen LogP contribution is 2.18. The Labute approximate surface area is 110 Å². The molecule has 0 spiro atoms. The first kappa shape index (κ1) is 13.0. The Kier molecular flexibility index (Phi) is 3.75. The first-order valence-corrected chi connectivity index (χ1v) is 5.67. The van der Waals surface area contributed by atoms with Gasteiger partial charge >= 0.3 is 0 Å². The number of aromatic nitrogens is 1. The van der Waals surface area contributed by atoms with Crippen molar-refractivity contribution in [3.05, 3.63) is 53.6 Å². The van der Waals surface area contributed by atoms with Crippen molar-refractivity contribution < 1.29 is 13.9 Å². The predicted molar refractivity (Wildman–Crippen MR) is 69.6 cm³/mol. The van der Waals surface area contributed by atoms with E-state index in [0.29, 0.717) is 16.9 Å². The third-order valence-electron chi connectivity index (χ3n) is 2.65. The maximum absolute atomic E-state index is 13.5. The van der Waals surface area contributed by atoms with Crippen molar-refractivity contribution in [2.75, 3.05) is 12.8 Å². The van der Waals surface area contributed by atoms with Gasteiger partial charge in [-0.3, -0.25) is 9.78 Å². The average molecular weight is 260 g/mol. The zero-order valence-corrected chi connectivity index (χ0v) is 10.4. The van der Waals surface area contributed by atoms with Crippen LogP contribution >= 0.6 is 0 Å². The molecule has 0 radical (unpaired) electrons. The molecule has 0 bridgehead atoms. The fourth-order valence-corrected chi connectivity index (χ4v) is 1.67. The number of pyridine rings is 1. The lowest BCUT2D eigenvalue weighted by Crippen LogP contribution is -2.06. The summed E-state index contributed by atoms with van der Waals surface area (Å²) in [7, 11) is 1.39. The van der Waals surface area contributed by atoms with Crippen LogP contribution in [-0.4, -0.2) is 17.9 Å². The van der Waals surface area contributed by atoms with E-state index in [9.17, 15) is 9.18 Å². The summed E-state index contributed by atoms with van der Waals surface area (Å²) in [6, 6.07) is 7.59. The number of Topliss-reactive ketones (excluding diaryl/α,β-unsaturated/α-hetero) is 1. The van der Waals surface area contributed by atoms with Crippen molar-refractivity contribution in [1.82, 2.24) is 4.98 Å². The lowest BCUT2D eigenvalue weighted by Gasteiger charge is -2.05. The number of halogens is 1. The summed E-state index contributed by atoms with van der Waals surface area (Å²) in [5.74, 6) is -0.524. The van der Waals surface area contributed by atoms with Gasteiger partial charge in [-0.15, -0.1) is 0 Å². The molecule has 0 aliphatic carbocycles. The number of methoxy groups -OCH3 is 1. The van der Waals surface area contributed by atoms with E-state index in [1.54, 1.807) is 18.2 Å². The van der Waals surface area contributed by atoms with Crippen LogP contribution in [0.3, 0.4) is 0 Å². The summed E-state index contributed by atoms with van der Waals surface area (Å²) < 4.78 is 18.3. The average Bonchev–Trinajstić information content (AvgIpc) is 2.39. The van der Waals surface area contributed by atoms with Crippen LogP contribution in [-0.2, 0) is 6.42 Å². The number of anilines is 1. The number of hydrogen-bond donors (Lipinski definition) is 1. The van der Waals surface area contributed by atoms with E-state index in [4.69, 9.17) is 10.5 Å². The Morgan fingerprint density at radius 2 is 2.16 bits per heavy atom. The normalized spacial score (nSPS) is 10.2. The summed E-state index contributed by atoms with van der Waals surface area (Å²) in [6.45, 7) is 0. The van der Waals surface area contributed by atoms with Gasteiger partial charge in [0, 0.05) is 6.42 Å². The molecule has 1 aromatic carbocycles. The largest absolute Gasteiger partial charge is 0.494 e. The van der Waals surface area contributed by atoms with Gasteiger partial charge in [-0.05, 0) is 29.8 Å². The fourth-order valence-electron chi connectivity index (χ4n) is 1.67. The van der Waals surface area contributed by atoms with E-state index in [-0.39, 0.29) is 18.0 Å². The van der Waals surface area contributed by atoms with Gasteiger partial charge in [0.2, 0.25) is 0 Å². The highest BCUT2D eigenvalue weighted by molar-refractivity contribution is 5.95. The van der Waals surface area contributed by atoms with Crippen LogP contribution in [0.5, 0.6) is 5.75 Å². The van der Waals surface area contributed by atoms with Crippen LogP contribution in [0.15, 0.2) is 36.5 Å². The Morgan fingerprint density at radius 3 is 2.74 bits per heavy atom. The highest BCUT2D eigenvalue weighted by Gasteiger charge is 2.10. The quantitative estimate of drug-likeness (QED) is 0.856. The van der Waals surface area contributed by atoms with Crippen molar-refractivity contribution >= 4 is 11.5 Å². The molecule has 19 heavy (non-hydrogen) atoms. The van der Waals surface area contributed by atoms with Crippen LogP contribution in [0.4, 0.5) is 10.1 Å². The van der Waals surface area contributed by atoms with Crippen LogP contribution in [0.25, 0.3) is 0 Å². The van der Waals surface area contributed by atoms with E-state index in [0.717, 1.165) is 0 Å². The first-order chi connectivity index (χ1) is 9.10. The lowest BCUT2D eigenvalue weighted by atomic mass is 10.1. The number of carbonyl (C=O) groups is 1. The molecule has 2 rings (SSSR count). The van der Waals surface area contributed by atoms with Gasteiger partial charge in [0.05, 0.1) is 19.0 Å². The monoisotopic (exact) mass is 260 g/mol. The molecule has 5 heteroatoms. The maximum Gasteiger partial charge on any atom is 0.185 e. The fraction of sp³-hybridized carbons (Fsp3) is 0.143. The topological polar surface area (TPSA) is 65.2 Å². The highest BCUT2D eigenvalue weighted by atomic mass is 19.1. The zero-order chi connectivity index (χ0) is 13.8. The Bertz CT molecular complexity index is 597. The molecule has 0 atom stereocenters. The number of carbonyl (C=O) groups excluding carboxylic acids is 1. The number of benzene rings is 1. The molecule has 0 aliphatic rings. The van der Waals surface area contributed by atoms with E-state index in [1.807, 2.05) is 0 Å². The van der Waals surface area contributed by atoms with Crippen LogP contribution in [0.2, 0.25) is 0 Å². The van der Waals surface area contributed by atoms with E-state index < -0.39 is 5.82 Å². The van der Waals surface area contributed by atoms with Gasteiger partial charge in [0.15, 0.2) is 17.3 Å². The van der Waals surface area contributed by atoms with Crippen LogP contribution < -0.4 is 10.5 Å². The zero-order valence-electron chi connectivity index (χ0n) is 10.4. The van der Waals surface area contributed by atoms with Gasteiger partial charge < -0.3 is 10.5 Å². The van der Waals surface area contributed by atoms with Crippen LogP contribution in [0, 0.1) is 5.82 Å². The number of ether oxygens (including phenoxy) is 1. The minimum Gasteiger partial charge on any atom is -0.494 e. The minimum absolute atomic E-state index is 0.0812. The number of nitrogen functional groups attached to an aromatic ring is 1. The molecule has 98 valence electrons. The molecule has 1 aromatic heterocycles. The van der Waals surface area contributed by atoms with Crippen molar-refractivity contribution in [3.63, 3.8) is 0 Å². The van der Waals surface area contributed by atoms with Gasteiger partial charge in [-0.25, -0.2) is 4.39 Å². The minimum atomic E-state index is -0.488. The second-order valence-electron chi connectivity index (χ2n) is 4.05. The Balaban J connectivity index is 2.14. The Morgan fingerprint density at radius 1 is 1.37 bits per heavy atom. The number of hydrogen-bond acceptors (Lipinski definition) is 4. The maximum atomic E-state index is 13.5. The smallest absolute Gasteiger partial charge is 0.185 e. The third-order valence-corrected chi connectivity index (χ3v) is 2.65. The summed E-state index contributed by atoms with van der Waals surface area (Å²) in [4.78, 5) is 15.9. The second-order valence-corrected chi connectivity index (χ2v) is 4.05. The lowest BCUT2D eigenvalue weighted by molar-refractivity contribution is 0.0988. The molecule has 2 aromatic rings. The van der Waals surface area contributed by atoms with Crippen molar-refractivity contribution in [1.29, 1.82) is 0 Å². The SMILES string of the molecule is COc1ccc(CC(=O)c2ccc(N)cn2)cc1F. The van der Waals surface area contributed by atoms with Crippen molar-refractivity contribution in [2.24, 2.45) is 0 Å². The summed E-state index contributed by atoms with van der Waals surface area (Å²) in [5, 5.41) is 0.